The minimum absolute atomic E-state index is 0.238. The van der Waals surface area contributed by atoms with Crippen LogP contribution in [0.2, 0.25) is 10.0 Å². The van der Waals surface area contributed by atoms with Gasteiger partial charge < -0.3 is 14.8 Å². The fourth-order valence-corrected chi connectivity index (χ4v) is 2.59. The number of morpholine rings is 1. The summed E-state index contributed by atoms with van der Waals surface area (Å²) >= 11 is 12.1. The van der Waals surface area contributed by atoms with Crippen molar-refractivity contribution in [2.24, 2.45) is 0 Å². The highest BCUT2D eigenvalue weighted by atomic mass is 35.5. The Morgan fingerprint density at radius 2 is 2.05 bits per heavy atom. The number of hydrogen-bond donors (Lipinski definition) is 1. The molecule has 1 aromatic rings. The van der Waals surface area contributed by atoms with E-state index in [9.17, 15) is 4.79 Å². The molecule has 0 unspecified atom stereocenters. The van der Waals surface area contributed by atoms with Crippen molar-refractivity contribution in [1.82, 2.24) is 10.2 Å². The van der Waals surface area contributed by atoms with E-state index in [-0.39, 0.29) is 5.91 Å². The number of carbonyl (C=O) groups excluding carboxylic acids is 1. The summed E-state index contributed by atoms with van der Waals surface area (Å²) in [4.78, 5) is 14.4. The van der Waals surface area contributed by atoms with Gasteiger partial charge in [-0.2, -0.15) is 0 Å². The number of amides is 1. The van der Waals surface area contributed by atoms with Gasteiger partial charge in [0.25, 0.3) is 5.91 Å². The minimum atomic E-state index is -0.238. The molecule has 7 heteroatoms. The number of carbonyl (C=O) groups is 1. The largest absolute Gasteiger partial charge is 0.495 e. The van der Waals surface area contributed by atoms with Crippen molar-refractivity contribution in [1.29, 1.82) is 0 Å². The van der Waals surface area contributed by atoms with Gasteiger partial charge in [0.15, 0.2) is 0 Å². The molecule has 0 radical (unpaired) electrons. The summed E-state index contributed by atoms with van der Waals surface area (Å²) in [6.07, 6.45) is 0. The third-order valence-electron chi connectivity index (χ3n) is 3.30. The van der Waals surface area contributed by atoms with E-state index in [2.05, 4.69) is 10.2 Å². The number of hydrogen-bond acceptors (Lipinski definition) is 4. The van der Waals surface area contributed by atoms with Crippen LogP contribution in [-0.4, -0.2) is 57.3 Å². The molecule has 0 aromatic heterocycles. The summed E-state index contributed by atoms with van der Waals surface area (Å²) in [6.45, 7) is 4.62. The number of ether oxygens (including phenoxy) is 2. The highest BCUT2D eigenvalue weighted by molar-refractivity contribution is 6.36. The molecule has 2 rings (SSSR count). The van der Waals surface area contributed by atoms with E-state index in [0.717, 1.165) is 32.8 Å². The number of benzene rings is 1. The lowest BCUT2D eigenvalue weighted by Gasteiger charge is -2.26. The van der Waals surface area contributed by atoms with Gasteiger partial charge in [-0.25, -0.2) is 0 Å². The van der Waals surface area contributed by atoms with E-state index in [1.54, 1.807) is 6.07 Å². The minimum Gasteiger partial charge on any atom is -0.495 e. The number of methoxy groups -OCH3 is 1. The first-order valence-corrected chi connectivity index (χ1v) is 7.48. The topological polar surface area (TPSA) is 50.8 Å². The SMILES string of the molecule is COc1cc(Cl)c(C(=O)NCCN2CCOCC2)cc1Cl. The molecule has 1 aliphatic rings. The fraction of sp³-hybridized carbons (Fsp3) is 0.500. The lowest BCUT2D eigenvalue weighted by atomic mass is 10.2. The van der Waals surface area contributed by atoms with Crippen molar-refractivity contribution in [3.63, 3.8) is 0 Å². The van der Waals surface area contributed by atoms with Crippen molar-refractivity contribution in [3.8, 4) is 5.75 Å². The summed E-state index contributed by atoms with van der Waals surface area (Å²) in [5.74, 6) is 0.212. The Morgan fingerprint density at radius 1 is 1.33 bits per heavy atom. The van der Waals surface area contributed by atoms with Crippen LogP contribution < -0.4 is 10.1 Å². The molecule has 0 atom stereocenters. The Bertz CT molecular complexity index is 505. The summed E-state index contributed by atoms with van der Waals surface area (Å²) in [6, 6.07) is 3.06. The average molecular weight is 333 g/mol. The van der Waals surface area contributed by atoms with Crippen molar-refractivity contribution >= 4 is 29.1 Å². The zero-order valence-corrected chi connectivity index (χ0v) is 13.3. The lowest BCUT2D eigenvalue weighted by molar-refractivity contribution is 0.0383. The van der Waals surface area contributed by atoms with Crippen molar-refractivity contribution in [3.05, 3.63) is 27.7 Å². The van der Waals surface area contributed by atoms with E-state index in [4.69, 9.17) is 32.7 Å². The molecule has 0 aliphatic carbocycles. The molecule has 1 heterocycles. The molecule has 0 saturated carbocycles. The zero-order chi connectivity index (χ0) is 15.2. The lowest BCUT2D eigenvalue weighted by Crippen LogP contribution is -2.41. The summed E-state index contributed by atoms with van der Waals surface area (Å²) in [5, 5.41) is 3.53. The van der Waals surface area contributed by atoms with Crippen LogP contribution in [0.1, 0.15) is 10.4 Å². The molecule has 1 aliphatic heterocycles. The second-order valence-corrected chi connectivity index (χ2v) is 5.49. The normalized spacial score (nSPS) is 15.8. The molecule has 1 N–H and O–H groups in total. The van der Waals surface area contributed by atoms with Gasteiger partial charge in [0.05, 0.1) is 35.9 Å². The van der Waals surface area contributed by atoms with Crippen LogP contribution in [0, 0.1) is 0 Å². The van der Waals surface area contributed by atoms with Crippen LogP contribution in [0.3, 0.4) is 0 Å². The van der Waals surface area contributed by atoms with Gasteiger partial charge in [-0.1, -0.05) is 23.2 Å². The molecule has 0 spiro atoms. The first-order valence-electron chi connectivity index (χ1n) is 6.73. The van der Waals surface area contributed by atoms with Gasteiger partial charge in [0.2, 0.25) is 0 Å². The van der Waals surface area contributed by atoms with Crippen LogP contribution in [0.15, 0.2) is 12.1 Å². The second kappa shape index (κ2) is 7.84. The molecule has 1 aromatic carbocycles. The van der Waals surface area contributed by atoms with Crippen molar-refractivity contribution in [2.75, 3.05) is 46.5 Å². The van der Waals surface area contributed by atoms with Crippen LogP contribution in [-0.2, 0) is 4.74 Å². The second-order valence-electron chi connectivity index (χ2n) is 4.68. The molecular formula is C14H18Cl2N2O3. The molecule has 1 amide bonds. The molecule has 0 bridgehead atoms. The Hall–Kier alpha value is -1.01. The van der Waals surface area contributed by atoms with E-state index in [1.165, 1.54) is 13.2 Å². The van der Waals surface area contributed by atoms with Crippen molar-refractivity contribution < 1.29 is 14.3 Å². The third kappa shape index (κ3) is 4.48. The smallest absolute Gasteiger partial charge is 0.252 e. The summed E-state index contributed by atoms with van der Waals surface area (Å²) in [7, 11) is 1.50. The Kier molecular flexibility index (Phi) is 6.11. The van der Waals surface area contributed by atoms with Gasteiger partial charge in [0, 0.05) is 32.2 Å². The van der Waals surface area contributed by atoms with Crippen LogP contribution >= 0.6 is 23.2 Å². The van der Waals surface area contributed by atoms with E-state index in [1.807, 2.05) is 0 Å². The van der Waals surface area contributed by atoms with Crippen LogP contribution in [0.4, 0.5) is 0 Å². The first-order chi connectivity index (χ1) is 10.1. The predicted octanol–water partition coefficient (Wildman–Crippen LogP) is 2.06. The quantitative estimate of drug-likeness (QED) is 0.896. The molecule has 21 heavy (non-hydrogen) atoms. The number of rotatable bonds is 5. The standard InChI is InChI=1S/C14H18Cl2N2O3/c1-20-13-9-11(15)10(8-12(13)16)14(19)17-2-3-18-4-6-21-7-5-18/h8-9H,2-7H2,1H3,(H,17,19). The summed E-state index contributed by atoms with van der Waals surface area (Å²) < 4.78 is 10.3. The predicted molar refractivity (Wildman–Crippen MR) is 82.6 cm³/mol. The molecule has 1 fully saturated rings. The molecule has 5 nitrogen and oxygen atoms in total. The van der Waals surface area contributed by atoms with E-state index >= 15 is 0 Å². The van der Waals surface area contributed by atoms with Crippen LogP contribution in [0.5, 0.6) is 5.75 Å². The van der Waals surface area contributed by atoms with E-state index < -0.39 is 0 Å². The Morgan fingerprint density at radius 3 is 2.71 bits per heavy atom. The van der Waals surface area contributed by atoms with Gasteiger partial charge in [-0.05, 0) is 6.07 Å². The highest BCUT2D eigenvalue weighted by Crippen LogP contribution is 2.30. The molecular weight excluding hydrogens is 315 g/mol. The Labute approximate surface area is 134 Å². The number of nitrogens with zero attached hydrogens (tertiary/aromatic N) is 1. The fourth-order valence-electron chi connectivity index (χ4n) is 2.11. The maximum absolute atomic E-state index is 12.1. The van der Waals surface area contributed by atoms with Crippen molar-refractivity contribution in [2.45, 2.75) is 0 Å². The van der Waals surface area contributed by atoms with Gasteiger partial charge >= 0.3 is 0 Å². The van der Waals surface area contributed by atoms with Gasteiger partial charge in [-0.3, -0.25) is 9.69 Å². The average Bonchev–Trinajstić information content (AvgIpc) is 2.50. The summed E-state index contributed by atoms with van der Waals surface area (Å²) in [5.41, 5.74) is 0.351. The van der Waals surface area contributed by atoms with E-state index in [0.29, 0.717) is 27.9 Å². The third-order valence-corrected chi connectivity index (χ3v) is 3.91. The Balaban J connectivity index is 1.89. The first kappa shape index (κ1) is 16.4. The molecule has 116 valence electrons. The number of halogens is 2. The van der Waals surface area contributed by atoms with Gasteiger partial charge in [0.1, 0.15) is 5.75 Å². The number of nitrogens with one attached hydrogen (secondary N) is 1. The highest BCUT2D eigenvalue weighted by Gasteiger charge is 2.15. The molecule has 1 saturated heterocycles. The van der Waals surface area contributed by atoms with Crippen LogP contribution in [0.25, 0.3) is 0 Å². The van der Waals surface area contributed by atoms with Gasteiger partial charge in [-0.15, -0.1) is 0 Å². The zero-order valence-electron chi connectivity index (χ0n) is 11.8. The maximum atomic E-state index is 12.1. The maximum Gasteiger partial charge on any atom is 0.252 e. The monoisotopic (exact) mass is 332 g/mol.